The van der Waals surface area contributed by atoms with E-state index in [1.807, 2.05) is 24.3 Å². The molecule has 4 nitrogen and oxygen atoms in total. The van der Waals surface area contributed by atoms with E-state index in [2.05, 4.69) is 13.8 Å². The third-order valence-corrected chi connectivity index (χ3v) is 5.42. The van der Waals surface area contributed by atoms with E-state index < -0.39 is 6.29 Å². The number of aliphatic hydroxyl groups is 1. The molecule has 1 fully saturated rings. The Hall–Kier alpha value is -1.26. The van der Waals surface area contributed by atoms with Crippen LogP contribution < -0.4 is 9.47 Å². The second-order valence-electron chi connectivity index (χ2n) is 7.73. The first-order valence-electron chi connectivity index (χ1n) is 10.9. The topological polar surface area (TPSA) is 47.9 Å². The lowest BCUT2D eigenvalue weighted by molar-refractivity contribution is -0.0722. The lowest BCUT2D eigenvalue weighted by Crippen LogP contribution is -2.28. The average Bonchev–Trinajstić information content (AvgIpc) is 2.71. The zero-order valence-electron chi connectivity index (χ0n) is 17.2. The number of benzene rings is 1. The summed E-state index contributed by atoms with van der Waals surface area (Å²) in [6.45, 7) is 5.88. The largest absolute Gasteiger partial charge is 0.494 e. The van der Waals surface area contributed by atoms with Gasteiger partial charge >= 0.3 is 0 Å². The monoisotopic (exact) mass is 378 g/mol. The number of aliphatic hydroxyl groups excluding tert-OH is 1. The molecule has 2 atom stereocenters. The van der Waals surface area contributed by atoms with E-state index in [0.717, 1.165) is 51.1 Å². The fraction of sp³-hybridized carbons (Fsp3) is 0.739. The Morgan fingerprint density at radius 2 is 1.56 bits per heavy atom. The number of hydrogen-bond donors (Lipinski definition) is 1. The Labute approximate surface area is 165 Å². The molecule has 1 aromatic rings. The fourth-order valence-electron chi connectivity index (χ4n) is 3.42. The molecule has 1 N–H and O–H groups in total. The van der Waals surface area contributed by atoms with Crippen molar-refractivity contribution in [2.45, 2.75) is 90.4 Å². The predicted octanol–water partition coefficient (Wildman–Crippen LogP) is 5.72. The van der Waals surface area contributed by atoms with Gasteiger partial charge in [-0.05, 0) is 69.7 Å². The molecule has 2 rings (SSSR count). The van der Waals surface area contributed by atoms with E-state index in [9.17, 15) is 5.11 Å². The van der Waals surface area contributed by atoms with Gasteiger partial charge in [0, 0.05) is 12.5 Å². The summed E-state index contributed by atoms with van der Waals surface area (Å²) in [4.78, 5) is 0. The number of unbranched alkanes of at least 4 members (excludes halogenated alkanes) is 3. The quantitative estimate of drug-likeness (QED) is 0.352. The molecule has 0 aliphatic heterocycles. The van der Waals surface area contributed by atoms with E-state index in [1.165, 1.54) is 32.1 Å². The Bertz CT molecular complexity index is 482. The standard InChI is InChI=1S/C23H38O4/c1-3-19(2)25-17-9-4-5-10-18-26-21-13-15-22(16-14-21)27-23(24)20-11-7-6-8-12-20/h13-16,19-20,23-24H,3-12,17-18H2,1-2H3. The SMILES string of the molecule is CCC(C)OCCCCCCOc1ccc(OC(O)C2CCCCC2)cc1. The van der Waals surface area contributed by atoms with Gasteiger partial charge < -0.3 is 19.3 Å². The van der Waals surface area contributed by atoms with Crippen molar-refractivity contribution in [3.05, 3.63) is 24.3 Å². The zero-order chi connectivity index (χ0) is 19.3. The van der Waals surface area contributed by atoms with Crippen LogP contribution in [0.5, 0.6) is 11.5 Å². The fourth-order valence-corrected chi connectivity index (χ4v) is 3.42. The molecule has 0 saturated heterocycles. The van der Waals surface area contributed by atoms with Crippen LogP contribution in [-0.2, 0) is 4.74 Å². The van der Waals surface area contributed by atoms with Crippen molar-refractivity contribution >= 4 is 0 Å². The molecule has 154 valence electrons. The van der Waals surface area contributed by atoms with Crippen LogP contribution in [0.2, 0.25) is 0 Å². The number of rotatable bonds is 13. The van der Waals surface area contributed by atoms with Crippen LogP contribution in [0, 0.1) is 5.92 Å². The maximum absolute atomic E-state index is 10.2. The summed E-state index contributed by atoms with van der Waals surface area (Å²) in [5, 5.41) is 10.2. The molecule has 1 aromatic carbocycles. The Balaban J connectivity index is 1.55. The third-order valence-electron chi connectivity index (χ3n) is 5.42. The van der Waals surface area contributed by atoms with E-state index in [0.29, 0.717) is 11.9 Å². The lowest BCUT2D eigenvalue weighted by Gasteiger charge is -2.26. The summed E-state index contributed by atoms with van der Waals surface area (Å²) in [5.41, 5.74) is 0. The first-order valence-corrected chi connectivity index (χ1v) is 10.9. The highest BCUT2D eigenvalue weighted by molar-refractivity contribution is 5.31. The highest BCUT2D eigenvalue weighted by Gasteiger charge is 2.23. The second-order valence-corrected chi connectivity index (χ2v) is 7.73. The van der Waals surface area contributed by atoms with E-state index in [1.54, 1.807) is 0 Å². The summed E-state index contributed by atoms with van der Waals surface area (Å²) in [7, 11) is 0. The lowest BCUT2D eigenvalue weighted by atomic mass is 9.89. The van der Waals surface area contributed by atoms with Crippen LogP contribution in [0.4, 0.5) is 0 Å². The van der Waals surface area contributed by atoms with Gasteiger partial charge in [-0.3, -0.25) is 0 Å². The molecule has 0 radical (unpaired) electrons. The summed E-state index contributed by atoms with van der Waals surface area (Å²) >= 11 is 0. The van der Waals surface area contributed by atoms with Crippen molar-refractivity contribution in [3.8, 4) is 11.5 Å². The molecule has 0 amide bonds. The molecule has 27 heavy (non-hydrogen) atoms. The minimum Gasteiger partial charge on any atom is -0.494 e. The van der Waals surface area contributed by atoms with Gasteiger partial charge in [0.05, 0.1) is 12.7 Å². The van der Waals surface area contributed by atoms with Crippen molar-refractivity contribution < 1.29 is 19.3 Å². The van der Waals surface area contributed by atoms with Crippen LogP contribution in [0.25, 0.3) is 0 Å². The van der Waals surface area contributed by atoms with Gasteiger partial charge in [-0.2, -0.15) is 0 Å². The van der Waals surface area contributed by atoms with Gasteiger partial charge in [-0.25, -0.2) is 0 Å². The first kappa shape index (κ1) is 22.0. The minimum atomic E-state index is -0.693. The summed E-state index contributed by atoms with van der Waals surface area (Å²) in [6.07, 6.45) is 11.1. The first-order chi connectivity index (χ1) is 13.2. The van der Waals surface area contributed by atoms with Crippen LogP contribution >= 0.6 is 0 Å². The van der Waals surface area contributed by atoms with Gasteiger partial charge in [0.25, 0.3) is 0 Å². The maximum Gasteiger partial charge on any atom is 0.200 e. The molecule has 0 bridgehead atoms. The summed E-state index contributed by atoms with van der Waals surface area (Å²) in [5.74, 6) is 1.83. The van der Waals surface area contributed by atoms with Crippen molar-refractivity contribution in [2.24, 2.45) is 5.92 Å². The van der Waals surface area contributed by atoms with E-state index in [4.69, 9.17) is 14.2 Å². The van der Waals surface area contributed by atoms with Crippen LogP contribution in [0.15, 0.2) is 24.3 Å². The Morgan fingerprint density at radius 3 is 2.22 bits per heavy atom. The minimum absolute atomic E-state index is 0.269. The van der Waals surface area contributed by atoms with Gasteiger partial charge in [-0.15, -0.1) is 0 Å². The maximum atomic E-state index is 10.2. The predicted molar refractivity (Wildman–Crippen MR) is 109 cm³/mol. The zero-order valence-corrected chi connectivity index (χ0v) is 17.2. The van der Waals surface area contributed by atoms with Crippen molar-refractivity contribution in [1.82, 2.24) is 0 Å². The highest BCUT2D eigenvalue weighted by Crippen LogP contribution is 2.28. The molecule has 0 aromatic heterocycles. The smallest absolute Gasteiger partial charge is 0.200 e. The van der Waals surface area contributed by atoms with Gasteiger partial charge in [0.1, 0.15) is 11.5 Å². The van der Waals surface area contributed by atoms with Crippen LogP contribution in [0.3, 0.4) is 0 Å². The molecule has 1 saturated carbocycles. The van der Waals surface area contributed by atoms with Crippen LogP contribution in [0.1, 0.15) is 78.1 Å². The molecular weight excluding hydrogens is 340 g/mol. The van der Waals surface area contributed by atoms with Crippen molar-refractivity contribution in [3.63, 3.8) is 0 Å². The number of hydrogen-bond acceptors (Lipinski definition) is 4. The highest BCUT2D eigenvalue weighted by atomic mass is 16.6. The normalized spacial score (nSPS) is 17.4. The molecule has 0 spiro atoms. The summed E-state index contributed by atoms with van der Waals surface area (Å²) in [6, 6.07) is 7.60. The molecule has 0 heterocycles. The van der Waals surface area contributed by atoms with Gasteiger partial charge in [-0.1, -0.05) is 32.6 Å². The molecule has 1 aliphatic rings. The molecule has 2 unspecified atom stereocenters. The van der Waals surface area contributed by atoms with E-state index >= 15 is 0 Å². The Kier molecular flexibility index (Phi) is 10.6. The molecule has 4 heteroatoms. The molecule has 1 aliphatic carbocycles. The second kappa shape index (κ2) is 13.0. The average molecular weight is 379 g/mol. The summed E-state index contributed by atoms with van der Waals surface area (Å²) < 4.78 is 17.2. The van der Waals surface area contributed by atoms with Gasteiger partial charge in [0.15, 0.2) is 6.29 Å². The Morgan fingerprint density at radius 1 is 0.926 bits per heavy atom. The van der Waals surface area contributed by atoms with Crippen molar-refractivity contribution in [2.75, 3.05) is 13.2 Å². The van der Waals surface area contributed by atoms with Crippen LogP contribution in [-0.4, -0.2) is 30.7 Å². The third kappa shape index (κ3) is 8.98. The van der Waals surface area contributed by atoms with Gasteiger partial charge in [0.2, 0.25) is 0 Å². The number of ether oxygens (including phenoxy) is 3. The molecular formula is C23H38O4. The van der Waals surface area contributed by atoms with Crippen molar-refractivity contribution in [1.29, 1.82) is 0 Å². The van der Waals surface area contributed by atoms with E-state index in [-0.39, 0.29) is 5.92 Å².